The van der Waals surface area contributed by atoms with E-state index in [-0.39, 0.29) is 23.6 Å². The van der Waals surface area contributed by atoms with Crippen LogP contribution in [0.1, 0.15) is 58.4 Å². The number of benzene rings is 1. The summed E-state index contributed by atoms with van der Waals surface area (Å²) in [6.45, 7) is 7.83. The van der Waals surface area contributed by atoms with E-state index in [0.717, 1.165) is 44.2 Å². The quantitative estimate of drug-likeness (QED) is 0.233. The Morgan fingerprint density at radius 3 is 2.27 bits per heavy atom. The number of pyridine rings is 1. The van der Waals surface area contributed by atoms with E-state index in [0.29, 0.717) is 32.0 Å². The Morgan fingerprint density at radius 1 is 1.05 bits per heavy atom. The highest BCUT2D eigenvalue weighted by Crippen LogP contribution is 2.38. The van der Waals surface area contributed by atoms with Crippen LogP contribution in [0, 0.1) is 10.1 Å². The fourth-order valence-electron chi connectivity index (χ4n) is 4.56. The smallest absolute Gasteiger partial charge is 0.423 e. The van der Waals surface area contributed by atoms with Crippen molar-refractivity contribution in [1.82, 2.24) is 9.88 Å². The fraction of sp³-hybridized carbons (Fsp3) is 0.556. The highest BCUT2D eigenvalue weighted by Gasteiger charge is 2.38. The third-order valence-corrected chi connectivity index (χ3v) is 6.54. The number of nitro benzene ring substituents is 1. The van der Waals surface area contributed by atoms with Crippen molar-refractivity contribution in [2.45, 2.75) is 70.7 Å². The molecule has 1 aliphatic carbocycles. The molecule has 1 aromatic heterocycles. The van der Waals surface area contributed by atoms with Gasteiger partial charge in [-0.2, -0.15) is 13.2 Å². The van der Waals surface area contributed by atoms with Gasteiger partial charge in [0.05, 0.1) is 4.92 Å². The zero-order valence-electron chi connectivity index (χ0n) is 23.2. The number of hydrogen-bond acceptors (Lipinski definition) is 8. The summed E-state index contributed by atoms with van der Waals surface area (Å²) >= 11 is 0. The van der Waals surface area contributed by atoms with E-state index >= 15 is 0 Å². The van der Waals surface area contributed by atoms with Crippen LogP contribution in [0.15, 0.2) is 36.5 Å². The summed E-state index contributed by atoms with van der Waals surface area (Å²) in [7, 11) is 0. The molecule has 1 aliphatic heterocycles. The molecule has 0 bridgehead atoms. The van der Waals surface area contributed by atoms with Crippen molar-refractivity contribution in [3.63, 3.8) is 0 Å². The zero-order chi connectivity index (χ0) is 30.2. The molecule has 2 heterocycles. The number of hydrogen-bond donors (Lipinski definition) is 1. The number of halogens is 4. The van der Waals surface area contributed by atoms with Gasteiger partial charge in [-0.25, -0.2) is 9.78 Å². The van der Waals surface area contributed by atoms with Crippen LogP contribution in [0.25, 0.3) is 0 Å². The van der Waals surface area contributed by atoms with Gasteiger partial charge in [-0.15, -0.1) is 0 Å². The van der Waals surface area contributed by atoms with Crippen LogP contribution in [0.5, 0.6) is 5.75 Å². The lowest BCUT2D eigenvalue weighted by Crippen LogP contribution is -2.50. The average Bonchev–Trinajstić information content (AvgIpc) is 2.92. The molecule has 1 amide bonds. The molecule has 0 unspecified atom stereocenters. The normalized spacial score (nSPS) is 16.4. The summed E-state index contributed by atoms with van der Waals surface area (Å²) < 4.78 is 56.0. The van der Waals surface area contributed by atoms with Crippen LogP contribution in [-0.2, 0) is 10.9 Å². The Bertz CT molecular complexity index is 1180. The number of aromatic nitrogens is 1. The lowest BCUT2D eigenvalue weighted by atomic mass is 9.95. The monoisotopic (exact) mass is 585 g/mol. The van der Waals surface area contributed by atoms with Crippen molar-refractivity contribution in [2.75, 3.05) is 36.4 Å². The van der Waals surface area contributed by atoms with E-state index in [1.165, 1.54) is 24.4 Å². The van der Waals surface area contributed by atoms with E-state index in [9.17, 15) is 32.6 Å². The number of nitrogens with zero attached hydrogens (tertiary/aromatic N) is 4. The van der Waals surface area contributed by atoms with Gasteiger partial charge in [0.15, 0.2) is 5.75 Å². The van der Waals surface area contributed by atoms with Gasteiger partial charge in [0.1, 0.15) is 17.0 Å². The molecule has 2 aliphatic rings. The van der Waals surface area contributed by atoms with Crippen molar-refractivity contribution in [3.8, 4) is 5.75 Å². The first-order valence-electron chi connectivity index (χ1n) is 13.4. The van der Waals surface area contributed by atoms with Gasteiger partial charge in [-0.3, -0.25) is 15.1 Å². The minimum Gasteiger partial charge on any atom is -0.444 e. The number of nitrogens with one attached hydrogen (secondary N) is 1. The summed E-state index contributed by atoms with van der Waals surface area (Å²) in [6.07, 6.45) is 1.53. The summed E-state index contributed by atoms with van der Waals surface area (Å²) in [5, 5.41) is 13.7. The highest BCUT2D eigenvalue weighted by molar-refractivity contribution is 5.68. The average molecular weight is 586 g/mol. The number of nitro groups is 1. The van der Waals surface area contributed by atoms with E-state index in [2.05, 4.69) is 15.2 Å². The Labute approximate surface area is 235 Å². The zero-order valence-corrected chi connectivity index (χ0v) is 23.2. The molecule has 2 aromatic rings. The molecule has 0 radical (unpaired) electrons. The summed E-state index contributed by atoms with van der Waals surface area (Å²) in [4.78, 5) is 33.1. The Balaban J connectivity index is 0.000000226. The Hall–Kier alpha value is -3.84. The maximum atomic E-state index is 12.8. The lowest BCUT2D eigenvalue weighted by Gasteiger charge is -2.36. The number of anilines is 2. The first kappa shape index (κ1) is 31.7. The number of amides is 1. The molecule has 1 saturated carbocycles. The number of rotatable bonds is 5. The summed E-state index contributed by atoms with van der Waals surface area (Å²) in [6, 6.07) is 6.19. The Morgan fingerprint density at radius 2 is 1.71 bits per heavy atom. The van der Waals surface area contributed by atoms with Gasteiger partial charge in [0.25, 0.3) is 5.69 Å². The third-order valence-electron chi connectivity index (χ3n) is 6.54. The number of carbonyl (C=O) groups is 1. The molecule has 10 nitrogen and oxygen atoms in total. The first-order chi connectivity index (χ1) is 19.3. The van der Waals surface area contributed by atoms with E-state index in [1.54, 1.807) is 4.90 Å². The topological polar surface area (TPSA) is 110 Å². The maximum absolute atomic E-state index is 12.8. The highest BCUT2D eigenvalue weighted by atomic mass is 19.4. The van der Waals surface area contributed by atoms with E-state index in [1.807, 2.05) is 25.7 Å². The number of carbonyl (C=O) groups excluding carboxylic acids is 1. The molecular formula is C27H35F4N5O5. The van der Waals surface area contributed by atoms with Gasteiger partial charge in [0, 0.05) is 66.8 Å². The molecule has 14 heteroatoms. The third kappa shape index (κ3) is 9.64. The molecule has 1 N–H and O–H groups in total. The van der Waals surface area contributed by atoms with Gasteiger partial charge < -0.3 is 19.9 Å². The minimum absolute atomic E-state index is 0.120. The Kier molecular flexibility index (Phi) is 10.6. The van der Waals surface area contributed by atoms with Crippen LogP contribution >= 0.6 is 0 Å². The molecular weight excluding hydrogens is 550 g/mol. The number of piperazine rings is 1. The standard InChI is InChI=1S/C14H20FN3O3.C13H15F3N2O2/c1-14(2,3)20-13(19)18-8-6-17(7-9-18)12-10-11(21-15)4-5-16-12;14-13(15,16)11-8-10(6-7-12(11)18(19)20)17-9-4-2-1-3-5-9/h4-5,10H,6-9H2,1-3H3;6-9,17H,1-5H2. The second-order valence-electron chi connectivity index (χ2n) is 10.8. The maximum Gasteiger partial charge on any atom is 0.423 e. The first-order valence-corrected chi connectivity index (χ1v) is 13.4. The van der Waals surface area contributed by atoms with Crippen molar-refractivity contribution >= 4 is 23.3 Å². The van der Waals surface area contributed by atoms with Gasteiger partial charge in [-0.1, -0.05) is 19.3 Å². The van der Waals surface area contributed by atoms with Crippen molar-refractivity contribution in [3.05, 3.63) is 52.2 Å². The van der Waals surface area contributed by atoms with Gasteiger partial charge >= 0.3 is 12.3 Å². The second kappa shape index (κ2) is 13.7. The van der Waals surface area contributed by atoms with Crippen molar-refractivity contribution in [2.24, 2.45) is 0 Å². The van der Waals surface area contributed by atoms with Crippen LogP contribution in [0.3, 0.4) is 0 Å². The molecule has 41 heavy (non-hydrogen) atoms. The molecule has 226 valence electrons. The predicted octanol–water partition coefficient (Wildman–Crippen LogP) is 6.76. The summed E-state index contributed by atoms with van der Waals surface area (Å²) in [5.74, 6) is 0.753. The predicted molar refractivity (Wildman–Crippen MR) is 145 cm³/mol. The molecule has 2 fully saturated rings. The SMILES string of the molecule is CC(C)(C)OC(=O)N1CCN(c2cc(OF)ccn2)CC1.O=[N+]([O-])c1ccc(NC2CCCCC2)cc1C(F)(F)F. The molecule has 0 atom stereocenters. The largest absolute Gasteiger partial charge is 0.444 e. The lowest BCUT2D eigenvalue weighted by molar-refractivity contribution is -0.388. The summed E-state index contributed by atoms with van der Waals surface area (Å²) in [5.41, 5.74) is -2.33. The van der Waals surface area contributed by atoms with Crippen LogP contribution in [-0.4, -0.2) is 58.7 Å². The van der Waals surface area contributed by atoms with Crippen LogP contribution < -0.4 is 15.2 Å². The van der Waals surface area contributed by atoms with Gasteiger partial charge in [-0.05, 0) is 45.7 Å². The minimum atomic E-state index is -4.73. The van der Waals surface area contributed by atoms with Crippen LogP contribution in [0.2, 0.25) is 0 Å². The molecule has 0 spiro atoms. The van der Waals surface area contributed by atoms with Crippen molar-refractivity contribution < 1.29 is 37.1 Å². The number of ether oxygens (including phenoxy) is 1. The van der Waals surface area contributed by atoms with Crippen molar-refractivity contribution in [1.29, 1.82) is 0 Å². The van der Waals surface area contributed by atoms with E-state index < -0.39 is 28.0 Å². The van der Waals surface area contributed by atoms with E-state index in [4.69, 9.17) is 4.74 Å². The molecule has 4 rings (SSSR count). The fourth-order valence-corrected chi connectivity index (χ4v) is 4.56. The number of alkyl halides is 3. The van der Waals surface area contributed by atoms with Crippen LogP contribution in [0.4, 0.5) is 39.7 Å². The molecule has 1 aromatic carbocycles. The van der Waals surface area contributed by atoms with Gasteiger partial charge in [0.2, 0.25) is 0 Å². The molecule has 1 saturated heterocycles. The second-order valence-corrected chi connectivity index (χ2v) is 10.8.